The van der Waals surface area contributed by atoms with E-state index in [2.05, 4.69) is 205 Å². The molecule has 8 aromatic carbocycles. The smallest absolute Gasteiger partial charge is 0.184 e. The monoisotopic (exact) mass is 715 g/mol. The molecular formula is C48H33NS2Si. The SMILES string of the molecule is c1ccc(-c2ccc(N(c3ccccc3)c3ccc(-c4ccc5c(c4)[Si]4(c6ccccc6Sc6ccccc64)c4ccccc4S5)cc3)cc2)cc1. The average Bonchev–Trinajstić information content (AvgIpc) is 3.22. The highest BCUT2D eigenvalue weighted by Gasteiger charge is 2.51. The Balaban J connectivity index is 1.09. The third-order valence-corrected chi connectivity index (χ3v) is 18.4. The summed E-state index contributed by atoms with van der Waals surface area (Å²) < 4.78 is 0. The molecule has 0 saturated heterocycles. The molecule has 4 heteroatoms. The fraction of sp³-hybridized carbons (Fsp3) is 0. The highest BCUT2D eigenvalue weighted by atomic mass is 32.2. The Bertz CT molecular complexity index is 2460. The van der Waals surface area contributed by atoms with Gasteiger partial charge in [0.2, 0.25) is 0 Å². The van der Waals surface area contributed by atoms with Crippen LogP contribution in [0.1, 0.15) is 0 Å². The highest BCUT2D eigenvalue weighted by molar-refractivity contribution is 8.01. The Hall–Kier alpha value is -5.52. The van der Waals surface area contributed by atoms with Crippen LogP contribution < -0.4 is 25.6 Å². The lowest BCUT2D eigenvalue weighted by atomic mass is 10.0. The standard InChI is InChI=1S/C48H33NS2Si/c1-3-13-34(14-4-1)35-23-28-39(29-24-35)49(38-15-5-2-6-16-38)40-30-25-36(26-31-40)37-27-32-44-48(33-37)52(47-22-12-9-19-43(47)51-44)45-20-10-7-17-41(45)50-42-18-8-11-21-46(42)52/h1-33H. The maximum Gasteiger partial charge on any atom is 0.184 e. The van der Waals surface area contributed by atoms with E-state index >= 15 is 0 Å². The fourth-order valence-corrected chi connectivity index (χ4v) is 17.2. The van der Waals surface area contributed by atoms with Gasteiger partial charge in [-0.1, -0.05) is 163 Å². The van der Waals surface area contributed by atoms with E-state index in [1.807, 2.05) is 23.5 Å². The van der Waals surface area contributed by atoms with Crippen molar-refractivity contribution in [2.24, 2.45) is 0 Å². The largest absolute Gasteiger partial charge is 0.311 e. The average molecular weight is 716 g/mol. The van der Waals surface area contributed by atoms with Gasteiger partial charge in [-0.3, -0.25) is 0 Å². The van der Waals surface area contributed by atoms with Gasteiger partial charge < -0.3 is 4.90 Å². The van der Waals surface area contributed by atoms with E-state index < -0.39 is 8.07 Å². The Kier molecular flexibility index (Phi) is 7.75. The fourth-order valence-electron chi connectivity index (χ4n) is 8.06. The zero-order chi connectivity index (χ0) is 34.5. The van der Waals surface area contributed by atoms with Crippen molar-refractivity contribution in [2.75, 3.05) is 4.90 Å². The van der Waals surface area contributed by atoms with Gasteiger partial charge in [-0.25, -0.2) is 0 Å². The second-order valence-corrected chi connectivity index (χ2v) is 19.1. The molecule has 246 valence electrons. The third kappa shape index (κ3) is 5.09. The molecule has 1 nitrogen and oxygen atoms in total. The van der Waals surface area contributed by atoms with Crippen LogP contribution in [-0.2, 0) is 0 Å². The third-order valence-electron chi connectivity index (χ3n) is 10.4. The molecule has 0 amide bonds. The summed E-state index contributed by atoms with van der Waals surface area (Å²) in [5, 5.41) is 5.98. The summed E-state index contributed by atoms with van der Waals surface area (Å²) >= 11 is 3.85. The van der Waals surface area contributed by atoms with E-state index in [1.165, 1.54) is 62.6 Å². The molecule has 0 atom stereocenters. The van der Waals surface area contributed by atoms with Crippen LogP contribution in [0.5, 0.6) is 0 Å². The summed E-state index contributed by atoms with van der Waals surface area (Å²) in [6.45, 7) is 0. The van der Waals surface area contributed by atoms with Gasteiger partial charge in [0.25, 0.3) is 0 Å². The molecule has 2 aliphatic heterocycles. The van der Waals surface area contributed by atoms with Crippen molar-refractivity contribution < 1.29 is 0 Å². The van der Waals surface area contributed by atoms with E-state index in [1.54, 1.807) is 0 Å². The molecule has 2 aliphatic rings. The molecule has 0 aromatic heterocycles. The van der Waals surface area contributed by atoms with Crippen LogP contribution in [0, 0.1) is 0 Å². The van der Waals surface area contributed by atoms with Gasteiger partial charge in [0.05, 0.1) is 0 Å². The van der Waals surface area contributed by atoms with Crippen molar-refractivity contribution in [3.05, 3.63) is 200 Å². The van der Waals surface area contributed by atoms with Gasteiger partial charge in [-0.15, -0.1) is 0 Å². The van der Waals surface area contributed by atoms with Crippen molar-refractivity contribution in [2.45, 2.75) is 19.6 Å². The number of para-hydroxylation sites is 1. The minimum atomic E-state index is -2.61. The van der Waals surface area contributed by atoms with E-state index in [-0.39, 0.29) is 0 Å². The summed E-state index contributed by atoms with van der Waals surface area (Å²) in [4.78, 5) is 7.86. The Labute approximate surface area is 314 Å². The van der Waals surface area contributed by atoms with Crippen molar-refractivity contribution in [3.8, 4) is 22.3 Å². The van der Waals surface area contributed by atoms with E-state index in [4.69, 9.17) is 0 Å². The minimum Gasteiger partial charge on any atom is -0.311 e. The summed E-state index contributed by atoms with van der Waals surface area (Å²) in [5.41, 5.74) is 8.30. The second-order valence-electron chi connectivity index (χ2n) is 13.3. The number of hydrogen-bond acceptors (Lipinski definition) is 3. The molecule has 0 fully saturated rings. The molecule has 1 spiro atoms. The van der Waals surface area contributed by atoms with Gasteiger partial charge in [0.15, 0.2) is 8.07 Å². The maximum absolute atomic E-state index is 2.61. The Morgan fingerprint density at radius 2 is 0.654 bits per heavy atom. The molecule has 10 rings (SSSR count). The summed E-state index contributed by atoms with van der Waals surface area (Å²) in [6.07, 6.45) is 0. The van der Waals surface area contributed by atoms with Gasteiger partial charge >= 0.3 is 0 Å². The zero-order valence-corrected chi connectivity index (χ0v) is 30.9. The maximum atomic E-state index is 2.53. The van der Waals surface area contributed by atoms with Crippen LogP contribution in [0.4, 0.5) is 17.1 Å². The molecule has 0 N–H and O–H groups in total. The molecule has 0 unspecified atom stereocenters. The van der Waals surface area contributed by atoms with Gasteiger partial charge in [0.1, 0.15) is 0 Å². The van der Waals surface area contributed by atoms with Gasteiger partial charge in [0, 0.05) is 36.6 Å². The second kappa shape index (κ2) is 12.9. The van der Waals surface area contributed by atoms with Crippen LogP contribution in [0.25, 0.3) is 22.3 Å². The molecule has 52 heavy (non-hydrogen) atoms. The van der Waals surface area contributed by atoms with Gasteiger partial charge in [-0.2, -0.15) is 0 Å². The molecule has 0 radical (unpaired) electrons. The Morgan fingerprint density at radius 3 is 1.17 bits per heavy atom. The van der Waals surface area contributed by atoms with E-state index in [0.717, 1.165) is 17.1 Å². The first-order valence-electron chi connectivity index (χ1n) is 17.7. The van der Waals surface area contributed by atoms with Gasteiger partial charge in [-0.05, 0) is 104 Å². The zero-order valence-electron chi connectivity index (χ0n) is 28.3. The molecule has 0 bridgehead atoms. The first-order valence-corrected chi connectivity index (χ1v) is 21.3. The summed E-state index contributed by atoms with van der Waals surface area (Å²) in [6, 6.07) is 74.0. The number of anilines is 3. The lowest BCUT2D eigenvalue weighted by Gasteiger charge is -2.43. The van der Waals surface area contributed by atoms with Crippen molar-refractivity contribution in [3.63, 3.8) is 0 Å². The van der Waals surface area contributed by atoms with E-state index in [9.17, 15) is 0 Å². The molecule has 0 aliphatic carbocycles. The normalized spacial score (nSPS) is 13.4. The number of nitrogens with zero attached hydrogens (tertiary/aromatic N) is 1. The highest BCUT2D eigenvalue weighted by Crippen LogP contribution is 2.41. The molecular weight excluding hydrogens is 683 g/mol. The summed E-state index contributed by atoms with van der Waals surface area (Å²) in [7, 11) is -2.61. The number of hydrogen-bond donors (Lipinski definition) is 0. The lowest BCUT2D eigenvalue weighted by molar-refractivity contribution is 1.28. The van der Waals surface area contributed by atoms with Crippen molar-refractivity contribution in [1.82, 2.24) is 0 Å². The Morgan fingerprint density at radius 1 is 0.288 bits per heavy atom. The topological polar surface area (TPSA) is 3.24 Å². The predicted octanol–water partition coefficient (Wildman–Crippen LogP) is 10.8. The van der Waals surface area contributed by atoms with Crippen molar-refractivity contribution in [1.29, 1.82) is 0 Å². The van der Waals surface area contributed by atoms with Crippen LogP contribution in [0.2, 0.25) is 0 Å². The quantitative estimate of drug-likeness (QED) is 0.163. The lowest BCUT2D eigenvalue weighted by Crippen LogP contribution is -2.78. The first kappa shape index (κ1) is 31.2. The molecule has 8 aromatic rings. The predicted molar refractivity (Wildman–Crippen MR) is 224 cm³/mol. The van der Waals surface area contributed by atoms with Crippen molar-refractivity contribution >= 4 is 69.4 Å². The number of rotatable bonds is 5. The van der Waals surface area contributed by atoms with E-state index in [0.29, 0.717) is 0 Å². The first-order chi connectivity index (χ1) is 25.8. The number of fused-ring (bicyclic) bond motifs is 8. The van der Waals surface area contributed by atoms with Crippen LogP contribution >= 0.6 is 23.5 Å². The molecule has 2 heterocycles. The minimum absolute atomic E-state index is 1.13. The molecule has 0 saturated carbocycles. The van der Waals surface area contributed by atoms with Crippen LogP contribution in [0.3, 0.4) is 0 Å². The van der Waals surface area contributed by atoms with Crippen LogP contribution in [-0.4, -0.2) is 8.07 Å². The summed E-state index contributed by atoms with van der Waals surface area (Å²) in [5.74, 6) is 0. The van der Waals surface area contributed by atoms with Crippen LogP contribution in [0.15, 0.2) is 220 Å². The number of benzene rings is 8.